The lowest BCUT2D eigenvalue weighted by molar-refractivity contribution is -0.129. The van der Waals surface area contributed by atoms with Crippen molar-refractivity contribution in [2.24, 2.45) is 11.8 Å². The third-order valence-corrected chi connectivity index (χ3v) is 5.28. The molecule has 1 saturated heterocycles. The summed E-state index contributed by atoms with van der Waals surface area (Å²) >= 11 is 6.29. The van der Waals surface area contributed by atoms with Crippen LogP contribution in [0.25, 0.3) is 0 Å². The predicted molar refractivity (Wildman–Crippen MR) is 97.1 cm³/mol. The van der Waals surface area contributed by atoms with Crippen LogP contribution in [0.4, 0.5) is 0 Å². The fraction of sp³-hybridized carbons (Fsp3) is 0.579. The van der Waals surface area contributed by atoms with Crippen molar-refractivity contribution in [2.75, 3.05) is 6.54 Å². The molecule has 2 amide bonds. The molecule has 136 valence electrons. The van der Waals surface area contributed by atoms with Crippen LogP contribution in [0.2, 0.25) is 5.02 Å². The summed E-state index contributed by atoms with van der Waals surface area (Å²) in [6, 6.07) is 3.65. The van der Waals surface area contributed by atoms with Gasteiger partial charge in [0.25, 0.3) is 5.91 Å². The van der Waals surface area contributed by atoms with E-state index in [0.717, 1.165) is 12.0 Å². The maximum Gasteiger partial charge on any atom is 0.251 e. The first-order valence-electron chi connectivity index (χ1n) is 8.76. The van der Waals surface area contributed by atoms with E-state index in [2.05, 4.69) is 17.6 Å². The zero-order valence-corrected chi connectivity index (χ0v) is 15.9. The fourth-order valence-corrected chi connectivity index (χ4v) is 4.06. The highest BCUT2D eigenvalue weighted by Gasteiger charge is 2.34. The molecule has 0 radical (unpaired) electrons. The van der Waals surface area contributed by atoms with Gasteiger partial charge in [-0.2, -0.15) is 0 Å². The van der Waals surface area contributed by atoms with Crippen LogP contribution < -0.4 is 15.4 Å². The van der Waals surface area contributed by atoms with E-state index in [1.54, 1.807) is 6.07 Å². The Bertz CT molecular complexity index is 717. The predicted octanol–water partition coefficient (Wildman–Crippen LogP) is 2.94. The van der Waals surface area contributed by atoms with Crippen LogP contribution in [0.15, 0.2) is 12.1 Å². The van der Waals surface area contributed by atoms with Gasteiger partial charge in [0.05, 0.1) is 10.9 Å². The van der Waals surface area contributed by atoms with E-state index in [9.17, 15) is 9.59 Å². The van der Waals surface area contributed by atoms with Crippen LogP contribution in [0.1, 0.15) is 50.0 Å². The number of halogens is 1. The smallest absolute Gasteiger partial charge is 0.251 e. The Morgan fingerprint density at radius 1 is 1.40 bits per heavy atom. The molecule has 1 fully saturated rings. The van der Waals surface area contributed by atoms with Gasteiger partial charge in [-0.15, -0.1) is 0 Å². The molecule has 6 heteroatoms. The highest BCUT2D eigenvalue weighted by molar-refractivity contribution is 6.32. The van der Waals surface area contributed by atoms with Gasteiger partial charge < -0.3 is 15.4 Å². The summed E-state index contributed by atoms with van der Waals surface area (Å²) in [7, 11) is 0. The van der Waals surface area contributed by atoms with E-state index in [0.29, 0.717) is 29.3 Å². The largest absolute Gasteiger partial charge is 0.486 e. The first kappa shape index (κ1) is 18.1. The minimum atomic E-state index is -0.312. The topological polar surface area (TPSA) is 67.4 Å². The number of hydrogen-bond acceptors (Lipinski definition) is 3. The lowest BCUT2D eigenvalue weighted by atomic mass is 9.84. The molecule has 3 unspecified atom stereocenters. The Hall–Kier alpha value is -1.75. The summed E-state index contributed by atoms with van der Waals surface area (Å²) in [5.74, 6) is 0.494. The second-order valence-corrected chi connectivity index (χ2v) is 8.33. The van der Waals surface area contributed by atoms with E-state index in [4.69, 9.17) is 16.3 Å². The van der Waals surface area contributed by atoms with Crippen molar-refractivity contribution in [1.82, 2.24) is 10.6 Å². The van der Waals surface area contributed by atoms with Gasteiger partial charge in [-0.3, -0.25) is 9.59 Å². The molecule has 0 saturated carbocycles. The summed E-state index contributed by atoms with van der Waals surface area (Å²) < 4.78 is 5.84. The van der Waals surface area contributed by atoms with Crippen molar-refractivity contribution >= 4 is 23.4 Å². The zero-order valence-electron chi connectivity index (χ0n) is 15.1. The number of hydrogen-bond donors (Lipinski definition) is 2. The highest BCUT2D eigenvalue weighted by Crippen LogP contribution is 2.40. The number of benzene rings is 1. The second kappa shape index (κ2) is 6.52. The van der Waals surface area contributed by atoms with E-state index in [1.807, 2.05) is 26.8 Å². The number of fused-ring (bicyclic) bond motifs is 1. The van der Waals surface area contributed by atoms with Crippen molar-refractivity contribution in [2.45, 2.75) is 52.2 Å². The first-order valence-corrected chi connectivity index (χ1v) is 9.14. The number of piperidine rings is 1. The molecule has 1 aromatic rings. The maximum absolute atomic E-state index is 12.5. The summed E-state index contributed by atoms with van der Waals surface area (Å²) in [6.45, 7) is 8.37. The molecule has 3 atom stereocenters. The van der Waals surface area contributed by atoms with Gasteiger partial charge >= 0.3 is 0 Å². The zero-order chi connectivity index (χ0) is 18.4. The Morgan fingerprint density at radius 3 is 2.80 bits per heavy atom. The minimum Gasteiger partial charge on any atom is -0.486 e. The molecule has 1 aromatic carbocycles. The first-order chi connectivity index (χ1) is 11.7. The summed E-state index contributed by atoms with van der Waals surface area (Å²) in [5.41, 5.74) is 1.13. The van der Waals surface area contributed by atoms with Gasteiger partial charge in [-0.25, -0.2) is 0 Å². The van der Waals surface area contributed by atoms with Gasteiger partial charge in [0, 0.05) is 30.1 Å². The number of nitrogens with one attached hydrogen (secondary N) is 2. The average molecular weight is 365 g/mol. The number of rotatable bonds is 3. The Labute approximate surface area is 153 Å². The minimum absolute atomic E-state index is 0.00804. The lowest BCUT2D eigenvalue weighted by Gasteiger charge is -2.32. The Morgan fingerprint density at radius 2 is 2.12 bits per heavy atom. The van der Waals surface area contributed by atoms with Crippen molar-refractivity contribution < 1.29 is 14.3 Å². The third-order valence-electron chi connectivity index (χ3n) is 5.00. The van der Waals surface area contributed by atoms with Crippen LogP contribution in [0.3, 0.4) is 0 Å². The molecule has 2 heterocycles. The van der Waals surface area contributed by atoms with E-state index < -0.39 is 0 Å². The molecule has 0 aromatic heterocycles. The number of carbonyl (C=O) groups excluding carboxylic acids is 2. The average Bonchev–Trinajstić information content (AvgIpc) is 2.80. The number of amides is 2. The molecular formula is C19H25ClN2O3. The van der Waals surface area contributed by atoms with Crippen molar-refractivity contribution in [1.29, 1.82) is 0 Å². The van der Waals surface area contributed by atoms with Crippen LogP contribution in [0, 0.1) is 11.8 Å². The van der Waals surface area contributed by atoms with Gasteiger partial charge in [0.15, 0.2) is 0 Å². The summed E-state index contributed by atoms with van der Waals surface area (Å²) in [5, 5.41) is 6.28. The molecule has 2 N–H and O–H groups in total. The molecule has 0 aliphatic carbocycles. The number of ether oxygens (including phenoxy) is 1. The molecule has 2 aliphatic heterocycles. The van der Waals surface area contributed by atoms with E-state index in [-0.39, 0.29) is 35.3 Å². The van der Waals surface area contributed by atoms with E-state index in [1.165, 1.54) is 0 Å². The summed E-state index contributed by atoms with van der Waals surface area (Å²) in [6.07, 6.45) is 1.63. The molecule has 5 nitrogen and oxygen atoms in total. The maximum atomic E-state index is 12.5. The van der Waals surface area contributed by atoms with Crippen molar-refractivity contribution in [3.63, 3.8) is 0 Å². The Kier molecular flexibility index (Phi) is 4.71. The summed E-state index contributed by atoms with van der Waals surface area (Å²) in [4.78, 5) is 24.7. The standard InChI is InChI=1S/C19H25ClN2O3/c1-10-5-11(2)22-18(24)14(10)9-21-17(23)12-6-13-8-19(3,4)25-16(13)15(20)7-12/h6-7,10-11,14H,5,8-9H2,1-4H3,(H,21,23)(H,22,24). The quantitative estimate of drug-likeness (QED) is 0.866. The van der Waals surface area contributed by atoms with Gasteiger partial charge in [-0.05, 0) is 45.2 Å². The molecular weight excluding hydrogens is 340 g/mol. The van der Waals surface area contributed by atoms with Crippen LogP contribution in [-0.2, 0) is 11.2 Å². The third kappa shape index (κ3) is 3.76. The van der Waals surface area contributed by atoms with Crippen molar-refractivity contribution in [3.8, 4) is 5.75 Å². The molecule has 2 aliphatic rings. The van der Waals surface area contributed by atoms with Gasteiger partial charge in [0.1, 0.15) is 11.4 Å². The van der Waals surface area contributed by atoms with E-state index >= 15 is 0 Å². The normalized spacial score (nSPS) is 27.2. The molecule has 3 rings (SSSR count). The number of carbonyl (C=O) groups is 2. The monoisotopic (exact) mass is 364 g/mol. The second-order valence-electron chi connectivity index (χ2n) is 7.92. The Balaban J connectivity index is 1.69. The van der Waals surface area contributed by atoms with Crippen molar-refractivity contribution in [3.05, 3.63) is 28.3 Å². The molecule has 25 heavy (non-hydrogen) atoms. The van der Waals surface area contributed by atoms with Crippen LogP contribution in [-0.4, -0.2) is 30.0 Å². The fourth-order valence-electron chi connectivity index (χ4n) is 3.79. The highest BCUT2D eigenvalue weighted by atomic mass is 35.5. The van der Waals surface area contributed by atoms with Crippen LogP contribution in [0.5, 0.6) is 5.75 Å². The lowest BCUT2D eigenvalue weighted by Crippen LogP contribution is -2.50. The molecule has 0 spiro atoms. The molecule has 0 bridgehead atoms. The van der Waals surface area contributed by atoms with Crippen LogP contribution >= 0.6 is 11.6 Å². The van der Waals surface area contributed by atoms with Gasteiger partial charge in [-0.1, -0.05) is 18.5 Å². The van der Waals surface area contributed by atoms with Gasteiger partial charge in [0.2, 0.25) is 5.91 Å². The SMILES string of the molecule is CC1CC(C)C(CNC(=O)c2cc(Cl)c3c(c2)CC(C)(C)O3)C(=O)N1.